The van der Waals surface area contributed by atoms with Crippen LogP contribution in [-0.2, 0) is 0 Å². The molecule has 1 aromatic rings. The topological polar surface area (TPSA) is 61.3 Å². The molecule has 2 heterocycles. The lowest BCUT2D eigenvalue weighted by Gasteiger charge is -2.36. The Morgan fingerprint density at radius 1 is 1.59 bits per heavy atom. The highest BCUT2D eigenvalue weighted by atomic mass is 79.9. The fourth-order valence-corrected chi connectivity index (χ4v) is 2.57. The molecule has 1 fully saturated rings. The molecule has 2 N–H and O–H groups in total. The zero-order chi connectivity index (χ0) is 12.3. The summed E-state index contributed by atoms with van der Waals surface area (Å²) in [5, 5.41) is 12.4. The van der Waals surface area contributed by atoms with Crippen LogP contribution in [-0.4, -0.2) is 41.3 Å². The fourth-order valence-electron chi connectivity index (χ4n) is 2.15. The monoisotopic (exact) mass is 300 g/mol. The minimum absolute atomic E-state index is 0.166. The average molecular weight is 301 g/mol. The van der Waals surface area contributed by atoms with E-state index in [4.69, 9.17) is 0 Å². The standard InChI is InChI=1S/C11H17BrN4O/c1-13-11-14-6-9(12)10(15-11)16-5-3-2-4-8(16)7-17/h6,8,17H,2-5,7H2,1H3,(H,13,14,15). The van der Waals surface area contributed by atoms with Gasteiger partial charge in [0, 0.05) is 19.8 Å². The molecule has 1 aromatic heterocycles. The Morgan fingerprint density at radius 3 is 3.12 bits per heavy atom. The summed E-state index contributed by atoms with van der Waals surface area (Å²) in [5.41, 5.74) is 0. The Kier molecular flexibility index (Phi) is 4.17. The second-order valence-corrected chi connectivity index (χ2v) is 5.00. The van der Waals surface area contributed by atoms with E-state index in [-0.39, 0.29) is 12.6 Å². The third-order valence-electron chi connectivity index (χ3n) is 3.06. The van der Waals surface area contributed by atoms with Gasteiger partial charge in [0.1, 0.15) is 5.82 Å². The molecule has 0 spiro atoms. The summed E-state index contributed by atoms with van der Waals surface area (Å²) in [6.45, 7) is 1.11. The molecule has 0 aromatic carbocycles. The van der Waals surface area contributed by atoms with E-state index in [9.17, 15) is 5.11 Å². The van der Waals surface area contributed by atoms with Gasteiger partial charge < -0.3 is 15.3 Å². The van der Waals surface area contributed by atoms with Crippen LogP contribution in [0.2, 0.25) is 0 Å². The maximum absolute atomic E-state index is 9.42. The van der Waals surface area contributed by atoms with Crippen molar-refractivity contribution in [3.05, 3.63) is 10.7 Å². The van der Waals surface area contributed by atoms with Gasteiger partial charge in [-0.25, -0.2) is 4.98 Å². The molecule has 1 unspecified atom stereocenters. The number of nitrogens with one attached hydrogen (secondary N) is 1. The van der Waals surface area contributed by atoms with Gasteiger partial charge in [-0.05, 0) is 35.2 Å². The van der Waals surface area contributed by atoms with Gasteiger partial charge in [0.15, 0.2) is 0 Å². The number of halogens is 1. The third-order valence-corrected chi connectivity index (χ3v) is 3.62. The number of hydrogen-bond acceptors (Lipinski definition) is 5. The Labute approximate surface area is 109 Å². The van der Waals surface area contributed by atoms with Crippen LogP contribution in [0.5, 0.6) is 0 Å². The minimum Gasteiger partial charge on any atom is -0.394 e. The SMILES string of the molecule is CNc1ncc(Br)c(N2CCCCC2CO)n1. The first-order valence-electron chi connectivity index (χ1n) is 5.84. The normalized spacial score (nSPS) is 20.4. The lowest BCUT2D eigenvalue weighted by molar-refractivity contribution is 0.239. The van der Waals surface area contributed by atoms with Gasteiger partial charge in [0.25, 0.3) is 0 Å². The quantitative estimate of drug-likeness (QED) is 0.888. The van der Waals surface area contributed by atoms with Crippen molar-refractivity contribution >= 4 is 27.7 Å². The number of aliphatic hydroxyl groups excluding tert-OH is 1. The van der Waals surface area contributed by atoms with E-state index in [0.717, 1.165) is 29.7 Å². The van der Waals surface area contributed by atoms with Crippen LogP contribution in [0, 0.1) is 0 Å². The molecule has 1 aliphatic rings. The first kappa shape index (κ1) is 12.6. The summed E-state index contributed by atoms with van der Waals surface area (Å²) in [6, 6.07) is 0.166. The van der Waals surface area contributed by atoms with Crippen LogP contribution in [0.3, 0.4) is 0 Å². The lowest BCUT2D eigenvalue weighted by Crippen LogP contribution is -2.42. The van der Waals surface area contributed by atoms with Crippen LogP contribution in [0.1, 0.15) is 19.3 Å². The number of anilines is 2. The third kappa shape index (κ3) is 2.69. The van der Waals surface area contributed by atoms with E-state index < -0.39 is 0 Å². The molecule has 1 atom stereocenters. The molecule has 0 aliphatic carbocycles. The zero-order valence-corrected chi connectivity index (χ0v) is 11.4. The van der Waals surface area contributed by atoms with Gasteiger partial charge in [-0.2, -0.15) is 4.98 Å². The molecule has 17 heavy (non-hydrogen) atoms. The summed E-state index contributed by atoms with van der Waals surface area (Å²) in [4.78, 5) is 10.8. The van der Waals surface area contributed by atoms with Gasteiger partial charge in [-0.1, -0.05) is 0 Å². The molecule has 6 heteroatoms. The highest BCUT2D eigenvalue weighted by Crippen LogP contribution is 2.29. The Morgan fingerprint density at radius 2 is 2.41 bits per heavy atom. The summed E-state index contributed by atoms with van der Waals surface area (Å²) >= 11 is 3.48. The van der Waals surface area contributed by atoms with Gasteiger partial charge in [-0.3, -0.25) is 0 Å². The second-order valence-electron chi connectivity index (χ2n) is 4.14. The molecule has 0 saturated carbocycles. The summed E-state index contributed by atoms with van der Waals surface area (Å²) in [6.07, 6.45) is 5.07. The van der Waals surface area contributed by atoms with Crippen molar-refractivity contribution in [2.45, 2.75) is 25.3 Å². The molecule has 0 radical (unpaired) electrons. The predicted molar refractivity (Wildman–Crippen MR) is 71.3 cm³/mol. The summed E-state index contributed by atoms with van der Waals surface area (Å²) in [7, 11) is 1.80. The second kappa shape index (κ2) is 5.64. The van der Waals surface area contributed by atoms with Crippen molar-refractivity contribution < 1.29 is 5.11 Å². The van der Waals surface area contributed by atoms with Crippen molar-refractivity contribution in [3.8, 4) is 0 Å². The van der Waals surface area contributed by atoms with E-state index in [2.05, 4.69) is 36.1 Å². The van der Waals surface area contributed by atoms with Gasteiger partial charge in [-0.15, -0.1) is 0 Å². The molecule has 94 valence electrons. The van der Waals surface area contributed by atoms with Crippen LogP contribution >= 0.6 is 15.9 Å². The number of aromatic nitrogens is 2. The van der Waals surface area contributed by atoms with E-state index in [1.54, 1.807) is 13.2 Å². The zero-order valence-electron chi connectivity index (χ0n) is 9.86. The molecule has 5 nitrogen and oxygen atoms in total. The maximum atomic E-state index is 9.42. The molecular formula is C11H17BrN4O. The van der Waals surface area contributed by atoms with Gasteiger partial charge >= 0.3 is 0 Å². The Balaban J connectivity index is 2.30. The van der Waals surface area contributed by atoms with Crippen molar-refractivity contribution in [2.24, 2.45) is 0 Å². The Bertz CT molecular complexity index is 388. The summed E-state index contributed by atoms with van der Waals surface area (Å²) in [5.74, 6) is 1.47. The van der Waals surface area contributed by atoms with Crippen LogP contribution in [0.15, 0.2) is 10.7 Å². The van der Waals surface area contributed by atoms with E-state index >= 15 is 0 Å². The van der Waals surface area contributed by atoms with Crippen molar-refractivity contribution in [3.63, 3.8) is 0 Å². The van der Waals surface area contributed by atoms with Crippen LogP contribution in [0.25, 0.3) is 0 Å². The first-order valence-corrected chi connectivity index (χ1v) is 6.63. The Hall–Kier alpha value is -0.880. The number of hydrogen-bond donors (Lipinski definition) is 2. The van der Waals surface area contributed by atoms with Crippen LogP contribution < -0.4 is 10.2 Å². The van der Waals surface area contributed by atoms with Gasteiger partial charge in [0.05, 0.1) is 17.1 Å². The van der Waals surface area contributed by atoms with Crippen LogP contribution in [0.4, 0.5) is 11.8 Å². The van der Waals surface area contributed by atoms with Crippen molar-refractivity contribution in [1.82, 2.24) is 9.97 Å². The van der Waals surface area contributed by atoms with Crippen molar-refractivity contribution in [2.75, 3.05) is 30.4 Å². The number of aliphatic hydroxyl groups is 1. The number of piperidine rings is 1. The lowest BCUT2D eigenvalue weighted by atomic mass is 10.0. The maximum Gasteiger partial charge on any atom is 0.224 e. The molecule has 0 bridgehead atoms. The van der Waals surface area contributed by atoms with Crippen molar-refractivity contribution in [1.29, 1.82) is 0 Å². The molecule has 1 saturated heterocycles. The summed E-state index contributed by atoms with van der Waals surface area (Å²) < 4.78 is 0.872. The molecular weight excluding hydrogens is 284 g/mol. The highest BCUT2D eigenvalue weighted by Gasteiger charge is 2.24. The largest absolute Gasteiger partial charge is 0.394 e. The fraction of sp³-hybridized carbons (Fsp3) is 0.636. The predicted octanol–water partition coefficient (Wildman–Crippen LogP) is 1.63. The smallest absolute Gasteiger partial charge is 0.224 e. The molecule has 1 aliphatic heterocycles. The molecule has 0 amide bonds. The highest BCUT2D eigenvalue weighted by molar-refractivity contribution is 9.10. The van der Waals surface area contributed by atoms with Gasteiger partial charge in [0.2, 0.25) is 5.95 Å². The molecule has 2 rings (SSSR count). The van der Waals surface area contributed by atoms with E-state index in [1.807, 2.05) is 0 Å². The number of nitrogens with zero attached hydrogens (tertiary/aromatic N) is 3. The van der Waals surface area contributed by atoms with E-state index in [1.165, 1.54) is 6.42 Å². The number of rotatable bonds is 3. The first-order chi connectivity index (χ1) is 8.26. The van der Waals surface area contributed by atoms with E-state index in [0.29, 0.717) is 5.95 Å². The average Bonchev–Trinajstić information content (AvgIpc) is 2.39. The minimum atomic E-state index is 0.166.